The zero-order chi connectivity index (χ0) is 11.1. The lowest BCUT2D eigenvalue weighted by Crippen LogP contribution is -2.09. The summed E-state index contributed by atoms with van der Waals surface area (Å²) in [5.41, 5.74) is 0.993. The maximum atomic E-state index is 6.06. The summed E-state index contributed by atoms with van der Waals surface area (Å²) in [5.74, 6) is 0. The summed E-state index contributed by atoms with van der Waals surface area (Å²) in [4.78, 5) is 0. The average Bonchev–Trinajstić information content (AvgIpc) is 2.22. The molecule has 0 heterocycles. The molecule has 0 radical (unpaired) electrons. The van der Waals surface area contributed by atoms with Gasteiger partial charge in [0, 0.05) is 17.5 Å². The minimum atomic E-state index is -0.210. The molecule has 0 fully saturated rings. The van der Waals surface area contributed by atoms with Gasteiger partial charge in [-0.2, -0.15) is 0 Å². The monoisotopic (exact) mass is 290 g/mol. The molecule has 0 saturated carbocycles. The van der Waals surface area contributed by atoms with E-state index in [-0.39, 0.29) is 5.56 Å². The second-order valence-corrected chi connectivity index (χ2v) is 4.87. The largest absolute Gasteiger partial charge is 0.362 e. The van der Waals surface area contributed by atoms with Crippen LogP contribution in [0.3, 0.4) is 0 Å². The first kappa shape index (κ1) is 13.0. The summed E-state index contributed by atoms with van der Waals surface area (Å²) in [6, 6.07) is 8.15. The van der Waals surface area contributed by atoms with Gasteiger partial charge in [-0.05, 0) is 24.1 Å². The van der Waals surface area contributed by atoms with Crippen LogP contribution in [0.15, 0.2) is 28.7 Å². The van der Waals surface area contributed by atoms with Crippen molar-refractivity contribution in [3.8, 4) is 0 Å². The van der Waals surface area contributed by atoms with Crippen LogP contribution < -0.4 is 0 Å². The second kappa shape index (κ2) is 7.26. The molecule has 84 valence electrons. The van der Waals surface area contributed by atoms with Gasteiger partial charge < -0.3 is 4.74 Å². The fourth-order valence-corrected chi connectivity index (χ4v) is 1.75. The van der Waals surface area contributed by atoms with Crippen LogP contribution in [-0.4, -0.2) is 12.2 Å². The Morgan fingerprint density at radius 2 is 2.00 bits per heavy atom. The van der Waals surface area contributed by atoms with Crippen LogP contribution in [0.5, 0.6) is 0 Å². The minimum Gasteiger partial charge on any atom is -0.362 e. The van der Waals surface area contributed by atoms with Gasteiger partial charge in [0.1, 0.15) is 5.56 Å². The van der Waals surface area contributed by atoms with Gasteiger partial charge >= 0.3 is 0 Å². The molecule has 0 aromatic heterocycles. The van der Waals surface area contributed by atoms with Crippen LogP contribution in [0.1, 0.15) is 25.3 Å². The number of benzene rings is 1. The highest BCUT2D eigenvalue weighted by Gasteiger charge is 2.05. The summed E-state index contributed by atoms with van der Waals surface area (Å²) in [7, 11) is 0. The highest BCUT2D eigenvalue weighted by atomic mass is 79.9. The fourth-order valence-electron chi connectivity index (χ4n) is 1.22. The van der Waals surface area contributed by atoms with E-state index in [1.807, 2.05) is 12.1 Å². The van der Waals surface area contributed by atoms with Gasteiger partial charge in [-0.25, -0.2) is 0 Å². The molecule has 1 nitrogen and oxygen atoms in total. The van der Waals surface area contributed by atoms with Crippen LogP contribution in [0, 0.1) is 0 Å². The molecule has 0 saturated heterocycles. The van der Waals surface area contributed by atoms with E-state index in [0.29, 0.717) is 0 Å². The van der Waals surface area contributed by atoms with Gasteiger partial charge in [-0.15, -0.1) is 0 Å². The van der Waals surface area contributed by atoms with E-state index in [1.165, 1.54) is 5.56 Å². The number of alkyl halides is 1. The van der Waals surface area contributed by atoms with Crippen molar-refractivity contribution in [3.05, 3.63) is 34.3 Å². The van der Waals surface area contributed by atoms with Gasteiger partial charge in [0.05, 0.1) is 0 Å². The molecule has 0 aliphatic heterocycles. The highest BCUT2D eigenvalue weighted by Crippen LogP contribution is 2.14. The topological polar surface area (TPSA) is 9.23 Å². The van der Waals surface area contributed by atoms with E-state index in [4.69, 9.17) is 16.3 Å². The van der Waals surface area contributed by atoms with E-state index in [2.05, 4.69) is 35.0 Å². The molecular formula is C12H16BrClO. The highest BCUT2D eigenvalue weighted by molar-refractivity contribution is 9.10. The summed E-state index contributed by atoms with van der Waals surface area (Å²) < 4.78 is 6.56. The smallest absolute Gasteiger partial charge is 0.135 e. The molecule has 0 bridgehead atoms. The van der Waals surface area contributed by atoms with Crippen molar-refractivity contribution in [1.29, 1.82) is 0 Å². The molecule has 0 N–H and O–H groups in total. The molecule has 0 spiro atoms. The zero-order valence-electron chi connectivity index (χ0n) is 8.88. The number of rotatable bonds is 6. The number of hydrogen-bond donors (Lipinski definition) is 0. The quantitative estimate of drug-likeness (QED) is 0.558. The lowest BCUT2D eigenvalue weighted by atomic mass is 10.2. The average molecular weight is 292 g/mol. The standard InChI is InChI=1S/C12H16BrClO/c1-2-3-8-15-12(14)9-10-4-6-11(13)7-5-10/h4-7,12H,2-3,8-9H2,1H3. The lowest BCUT2D eigenvalue weighted by Gasteiger charge is -2.10. The first-order valence-corrected chi connectivity index (χ1v) is 6.45. The summed E-state index contributed by atoms with van der Waals surface area (Å²) >= 11 is 9.46. The summed E-state index contributed by atoms with van der Waals surface area (Å²) in [6.07, 6.45) is 2.98. The molecule has 0 aliphatic carbocycles. The lowest BCUT2D eigenvalue weighted by molar-refractivity contribution is 0.105. The van der Waals surface area contributed by atoms with Gasteiger partial charge in [0.25, 0.3) is 0 Å². The SMILES string of the molecule is CCCCOC(Cl)Cc1ccc(Br)cc1. The van der Waals surface area contributed by atoms with Crippen molar-refractivity contribution in [2.24, 2.45) is 0 Å². The molecule has 15 heavy (non-hydrogen) atoms. The van der Waals surface area contributed by atoms with Crippen molar-refractivity contribution < 1.29 is 4.74 Å². The van der Waals surface area contributed by atoms with Crippen molar-refractivity contribution >= 4 is 27.5 Å². The number of ether oxygens (including phenoxy) is 1. The second-order valence-electron chi connectivity index (χ2n) is 3.46. The Labute approximate surface area is 105 Å². The van der Waals surface area contributed by atoms with Gasteiger partial charge in [-0.3, -0.25) is 0 Å². The third kappa shape index (κ3) is 5.55. The molecule has 1 aromatic rings. The molecule has 0 aliphatic rings. The first-order valence-electron chi connectivity index (χ1n) is 5.22. The van der Waals surface area contributed by atoms with E-state index < -0.39 is 0 Å². The van der Waals surface area contributed by atoms with Crippen LogP contribution >= 0.6 is 27.5 Å². The van der Waals surface area contributed by atoms with E-state index in [0.717, 1.165) is 30.3 Å². The first-order chi connectivity index (χ1) is 7.22. The van der Waals surface area contributed by atoms with Gasteiger partial charge in [0.15, 0.2) is 0 Å². The van der Waals surface area contributed by atoms with E-state index in [1.54, 1.807) is 0 Å². The van der Waals surface area contributed by atoms with Crippen LogP contribution in [0.4, 0.5) is 0 Å². The van der Waals surface area contributed by atoms with Crippen molar-refractivity contribution in [2.75, 3.05) is 6.61 Å². The Morgan fingerprint density at radius 1 is 1.33 bits per heavy atom. The summed E-state index contributed by atoms with van der Waals surface area (Å²) in [6.45, 7) is 2.89. The van der Waals surface area contributed by atoms with Crippen molar-refractivity contribution in [2.45, 2.75) is 31.7 Å². The Bertz CT molecular complexity index is 273. The molecule has 1 unspecified atom stereocenters. The molecule has 0 amide bonds. The number of unbranched alkanes of at least 4 members (excludes halogenated alkanes) is 1. The normalized spacial score (nSPS) is 12.7. The van der Waals surface area contributed by atoms with Gasteiger partial charge in [0.2, 0.25) is 0 Å². The van der Waals surface area contributed by atoms with Crippen LogP contribution in [0.25, 0.3) is 0 Å². The Balaban J connectivity index is 2.31. The Kier molecular flexibility index (Phi) is 6.30. The van der Waals surface area contributed by atoms with Crippen molar-refractivity contribution in [1.82, 2.24) is 0 Å². The molecule has 1 atom stereocenters. The molecule has 1 aromatic carbocycles. The maximum absolute atomic E-state index is 6.06. The molecule has 3 heteroatoms. The Morgan fingerprint density at radius 3 is 2.60 bits per heavy atom. The maximum Gasteiger partial charge on any atom is 0.135 e. The molecular weight excluding hydrogens is 275 g/mol. The predicted octanol–water partition coefficient (Wildman–Crippen LogP) is 4.37. The van der Waals surface area contributed by atoms with Crippen LogP contribution in [0.2, 0.25) is 0 Å². The van der Waals surface area contributed by atoms with E-state index >= 15 is 0 Å². The van der Waals surface area contributed by atoms with Gasteiger partial charge in [-0.1, -0.05) is 53.0 Å². The minimum absolute atomic E-state index is 0.210. The van der Waals surface area contributed by atoms with Crippen molar-refractivity contribution in [3.63, 3.8) is 0 Å². The van der Waals surface area contributed by atoms with E-state index in [9.17, 15) is 0 Å². The molecule has 1 rings (SSSR count). The van der Waals surface area contributed by atoms with Crippen LogP contribution in [-0.2, 0) is 11.2 Å². The Hall–Kier alpha value is -0.0500. The third-order valence-corrected chi connectivity index (χ3v) is 2.91. The third-order valence-electron chi connectivity index (χ3n) is 2.11. The fraction of sp³-hybridized carbons (Fsp3) is 0.500. The predicted molar refractivity (Wildman–Crippen MR) is 68.3 cm³/mol. The number of halogens is 2. The number of hydrogen-bond acceptors (Lipinski definition) is 1. The summed E-state index contributed by atoms with van der Waals surface area (Å²) in [5, 5.41) is 0. The zero-order valence-corrected chi connectivity index (χ0v) is 11.2.